The normalized spacial score (nSPS) is 11.9. The van der Waals surface area contributed by atoms with Crippen LogP contribution in [0.4, 0.5) is 13.2 Å². The van der Waals surface area contributed by atoms with Gasteiger partial charge in [-0.3, -0.25) is 0 Å². The van der Waals surface area contributed by atoms with Crippen LogP contribution in [-0.2, 0) is 6.18 Å². The minimum atomic E-state index is -4.33. The van der Waals surface area contributed by atoms with Gasteiger partial charge in [-0.25, -0.2) is 0 Å². The van der Waals surface area contributed by atoms with E-state index in [0.29, 0.717) is 20.1 Å². The number of nitrogens with zero attached hydrogens (tertiary/aromatic N) is 2. The molecular formula is C13H7F3N2SSe. The topological polar surface area (TPSA) is 17.8 Å². The fourth-order valence-corrected chi connectivity index (χ4v) is 4.58. The zero-order chi connectivity index (χ0) is 14.3. The third-order valence-corrected chi connectivity index (χ3v) is 5.71. The van der Waals surface area contributed by atoms with Gasteiger partial charge in [-0.2, -0.15) is 0 Å². The Morgan fingerprint density at radius 1 is 1.15 bits per heavy atom. The molecule has 0 saturated carbocycles. The molecule has 1 aromatic carbocycles. The average molecular weight is 359 g/mol. The molecule has 0 radical (unpaired) electrons. The van der Waals surface area contributed by atoms with E-state index in [1.807, 2.05) is 6.07 Å². The van der Waals surface area contributed by atoms with Gasteiger partial charge in [-0.05, 0) is 0 Å². The molecule has 3 rings (SSSR count). The number of pyridine rings is 1. The molecule has 3 aromatic rings. The third kappa shape index (κ3) is 2.32. The summed E-state index contributed by atoms with van der Waals surface area (Å²) in [5, 5.41) is 0.693. The Bertz CT molecular complexity index is 821. The van der Waals surface area contributed by atoms with Crippen molar-refractivity contribution in [2.24, 2.45) is 0 Å². The monoisotopic (exact) mass is 360 g/mol. The molecule has 0 bridgehead atoms. The predicted molar refractivity (Wildman–Crippen MR) is 73.8 cm³/mol. The molecule has 0 amide bonds. The van der Waals surface area contributed by atoms with Crippen LogP contribution < -0.4 is 0 Å². The summed E-state index contributed by atoms with van der Waals surface area (Å²) in [5.74, 6) is 0.669. The molecule has 0 spiro atoms. The molecule has 0 aliphatic carbocycles. The van der Waals surface area contributed by atoms with Crippen LogP contribution in [0.3, 0.4) is 0 Å². The van der Waals surface area contributed by atoms with Gasteiger partial charge in [-0.15, -0.1) is 0 Å². The van der Waals surface area contributed by atoms with Crippen molar-refractivity contribution in [3.63, 3.8) is 0 Å². The Kier molecular flexibility index (Phi) is 3.28. The number of rotatable bonds is 1. The van der Waals surface area contributed by atoms with Crippen LogP contribution >= 0.6 is 12.2 Å². The summed E-state index contributed by atoms with van der Waals surface area (Å²) >= 11 is 5.02. The first-order valence-corrected chi connectivity index (χ1v) is 7.64. The molecule has 0 saturated heterocycles. The summed E-state index contributed by atoms with van der Waals surface area (Å²) in [6.45, 7) is 0. The van der Waals surface area contributed by atoms with Crippen LogP contribution in [-0.4, -0.2) is 23.3 Å². The molecule has 20 heavy (non-hydrogen) atoms. The summed E-state index contributed by atoms with van der Waals surface area (Å²) in [6, 6.07) is 9.11. The average Bonchev–Trinajstić information content (AvgIpc) is 2.76. The van der Waals surface area contributed by atoms with Gasteiger partial charge in [0.25, 0.3) is 0 Å². The number of halogens is 3. The zero-order valence-corrected chi connectivity index (χ0v) is 12.4. The molecule has 2 heterocycles. The Hall–Kier alpha value is -1.43. The molecule has 7 heteroatoms. The second-order valence-corrected chi connectivity index (χ2v) is 6.55. The van der Waals surface area contributed by atoms with Crippen molar-refractivity contribution in [1.82, 2.24) is 8.55 Å². The van der Waals surface area contributed by atoms with Crippen molar-refractivity contribution < 1.29 is 13.2 Å². The van der Waals surface area contributed by atoms with Gasteiger partial charge >= 0.3 is 123 Å². The van der Waals surface area contributed by atoms with E-state index in [9.17, 15) is 13.2 Å². The second kappa shape index (κ2) is 4.84. The van der Waals surface area contributed by atoms with E-state index in [4.69, 9.17) is 12.2 Å². The zero-order valence-electron chi connectivity index (χ0n) is 9.89. The van der Waals surface area contributed by atoms with Gasteiger partial charge in [0.1, 0.15) is 0 Å². The van der Waals surface area contributed by atoms with Crippen LogP contribution in [0.25, 0.3) is 15.5 Å². The number of fused-ring (bicyclic) bond motifs is 1. The van der Waals surface area contributed by atoms with Crippen LogP contribution in [0, 0.1) is 4.64 Å². The van der Waals surface area contributed by atoms with Crippen molar-refractivity contribution in [2.45, 2.75) is 6.18 Å². The van der Waals surface area contributed by atoms with E-state index in [0.717, 1.165) is 6.07 Å². The Labute approximate surface area is 123 Å². The molecule has 0 N–H and O–H groups in total. The molecule has 0 atom stereocenters. The van der Waals surface area contributed by atoms with E-state index < -0.39 is 11.7 Å². The van der Waals surface area contributed by atoms with Gasteiger partial charge in [0.15, 0.2) is 0 Å². The number of alkyl halides is 3. The van der Waals surface area contributed by atoms with Gasteiger partial charge in [0, 0.05) is 0 Å². The van der Waals surface area contributed by atoms with Crippen LogP contribution in [0.2, 0.25) is 0 Å². The van der Waals surface area contributed by atoms with Crippen LogP contribution in [0.15, 0.2) is 42.6 Å². The second-order valence-electron chi connectivity index (χ2n) is 4.09. The SMILES string of the molecule is FC(F)(F)c1ccc2c(=S)n(-c3ccccn3)[se]c2c1. The summed E-state index contributed by atoms with van der Waals surface area (Å²) < 4.78 is 41.1. The van der Waals surface area contributed by atoms with Crippen molar-refractivity contribution in [3.05, 3.63) is 52.8 Å². The van der Waals surface area contributed by atoms with Crippen molar-refractivity contribution >= 4 is 36.6 Å². The van der Waals surface area contributed by atoms with Gasteiger partial charge in [-0.1, -0.05) is 0 Å². The Balaban J connectivity index is 2.23. The first-order chi connectivity index (χ1) is 9.47. The molecule has 102 valence electrons. The number of hydrogen-bond donors (Lipinski definition) is 0. The van der Waals surface area contributed by atoms with Crippen molar-refractivity contribution in [2.75, 3.05) is 0 Å². The quantitative estimate of drug-likeness (QED) is 0.486. The maximum atomic E-state index is 12.7. The van der Waals surface area contributed by atoms with Crippen molar-refractivity contribution in [3.8, 4) is 5.82 Å². The van der Waals surface area contributed by atoms with Gasteiger partial charge < -0.3 is 0 Å². The van der Waals surface area contributed by atoms with E-state index in [2.05, 4.69) is 4.98 Å². The maximum absolute atomic E-state index is 12.7. The molecule has 2 aromatic heterocycles. The van der Waals surface area contributed by atoms with E-state index in [1.165, 1.54) is 12.1 Å². The molecule has 0 fully saturated rings. The molecule has 0 unspecified atom stereocenters. The summed E-state index contributed by atoms with van der Waals surface area (Å²) in [5.41, 5.74) is -0.635. The van der Waals surface area contributed by atoms with Crippen LogP contribution in [0.1, 0.15) is 5.56 Å². The van der Waals surface area contributed by atoms with Gasteiger partial charge in [0.05, 0.1) is 0 Å². The summed E-state index contributed by atoms with van der Waals surface area (Å²) in [6.07, 6.45) is -2.69. The number of hydrogen-bond acceptors (Lipinski definition) is 2. The predicted octanol–water partition coefficient (Wildman–Crippen LogP) is 3.83. The number of aromatic nitrogens is 2. The first kappa shape index (κ1) is 13.5. The first-order valence-electron chi connectivity index (χ1n) is 5.61. The van der Waals surface area contributed by atoms with Crippen molar-refractivity contribution in [1.29, 1.82) is 0 Å². The minimum absolute atomic E-state index is 0.317. The van der Waals surface area contributed by atoms with Gasteiger partial charge in [0.2, 0.25) is 0 Å². The van der Waals surface area contributed by atoms with E-state index in [-0.39, 0.29) is 14.7 Å². The molecule has 0 aliphatic heterocycles. The molecular weight excluding hydrogens is 352 g/mol. The Morgan fingerprint density at radius 3 is 2.60 bits per heavy atom. The fraction of sp³-hybridized carbons (Fsp3) is 0.0769. The summed E-state index contributed by atoms with van der Waals surface area (Å²) in [7, 11) is 0. The molecule has 0 aliphatic rings. The number of benzene rings is 1. The van der Waals surface area contributed by atoms with Crippen LogP contribution in [0.5, 0.6) is 0 Å². The third-order valence-electron chi connectivity index (χ3n) is 2.77. The fourth-order valence-electron chi connectivity index (χ4n) is 1.82. The molecule has 2 nitrogen and oxygen atoms in total. The van der Waals surface area contributed by atoms with E-state index in [1.54, 1.807) is 21.9 Å². The Morgan fingerprint density at radius 2 is 1.95 bits per heavy atom. The standard InChI is InChI=1S/C13H7F3N2SSe/c14-13(15,16)8-4-5-9-10(7-8)20-18(12(9)19)11-3-1-2-6-17-11/h1-7H. The van der Waals surface area contributed by atoms with E-state index >= 15 is 0 Å². The summed E-state index contributed by atoms with van der Waals surface area (Å²) in [4.78, 5) is 4.20.